The Kier molecular flexibility index (Phi) is 5.14. The van der Waals surface area contributed by atoms with Crippen LogP contribution in [-0.4, -0.2) is 16.3 Å². The van der Waals surface area contributed by atoms with Crippen LogP contribution in [0.15, 0.2) is 29.2 Å². The van der Waals surface area contributed by atoms with Crippen molar-refractivity contribution in [1.82, 2.24) is 5.43 Å². The van der Waals surface area contributed by atoms with Gasteiger partial charge in [0.15, 0.2) is 0 Å². The van der Waals surface area contributed by atoms with Gasteiger partial charge in [-0.1, -0.05) is 13.3 Å². The van der Waals surface area contributed by atoms with Crippen molar-refractivity contribution in [2.75, 3.05) is 0 Å². The van der Waals surface area contributed by atoms with Crippen LogP contribution in [0.25, 0.3) is 0 Å². The number of hydrazine groups is 1. The molecule has 5 heteroatoms. The molecule has 1 aromatic carbocycles. The molecule has 0 aliphatic carbocycles. The van der Waals surface area contributed by atoms with Crippen molar-refractivity contribution in [1.29, 1.82) is 0 Å². The molecular weight excluding hydrogens is 224 g/mol. The lowest BCUT2D eigenvalue weighted by molar-refractivity contribution is -0.120. The van der Waals surface area contributed by atoms with E-state index < -0.39 is 0 Å². The van der Waals surface area contributed by atoms with Gasteiger partial charge in [-0.25, -0.2) is 5.84 Å². The zero-order chi connectivity index (χ0) is 12.0. The number of carbonyl (C=O) groups is 1. The van der Waals surface area contributed by atoms with Gasteiger partial charge in [-0.15, -0.1) is 11.8 Å². The molecule has 4 nitrogen and oxygen atoms in total. The molecule has 0 saturated heterocycles. The molecule has 0 aliphatic rings. The summed E-state index contributed by atoms with van der Waals surface area (Å²) in [4.78, 5) is 12.4. The number of hydrogen-bond acceptors (Lipinski definition) is 4. The van der Waals surface area contributed by atoms with Crippen LogP contribution in [0.1, 0.15) is 19.8 Å². The minimum Gasteiger partial charge on any atom is -0.508 e. The minimum atomic E-state index is -0.181. The van der Waals surface area contributed by atoms with Crippen molar-refractivity contribution in [3.63, 3.8) is 0 Å². The van der Waals surface area contributed by atoms with E-state index in [0.29, 0.717) is 0 Å². The topological polar surface area (TPSA) is 75.3 Å². The number of phenols is 1. The van der Waals surface area contributed by atoms with Crippen LogP contribution >= 0.6 is 11.8 Å². The van der Waals surface area contributed by atoms with E-state index >= 15 is 0 Å². The first-order chi connectivity index (χ1) is 7.67. The second-order valence-corrected chi connectivity index (χ2v) is 4.67. The summed E-state index contributed by atoms with van der Waals surface area (Å²) in [5.74, 6) is 5.18. The SMILES string of the molecule is CCCC(Sc1ccc(O)cc1)C(=O)NN. The number of carbonyl (C=O) groups excluding carboxylic acids is 1. The molecule has 0 bridgehead atoms. The van der Waals surface area contributed by atoms with Gasteiger partial charge in [-0.2, -0.15) is 0 Å². The third kappa shape index (κ3) is 3.75. The van der Waals surface area contributed by atoms with Crippen molar-refractivity contribution >= 4 is 17.7 Å². The highest BCUT2D eigenvalue weighted by molar-refractivity contribution is 8.00. The lowest BCUT2D eigenvalue weighted by Crippen LogP contribution is -2.37. The first kappa shape index (κ1) is 12.9. The normalized spacial score (nSPS) is 12.1. The van der Waals surface area contributed by atoms with Crippen LogP contribution in [0.3, 0.4) is 0 Å². The summed E-state index contributed by atoms with van der Waals surface area (Å²) in [6.45, 7) is 2.02. The Morgan fingerprint density at radius 1 is 1.50 bits per heavy atom. The molecule has 0 radical (unpaired) electrons. The van der Waals surface area contributed by atoms with Gasteiger partial charge in [-0.05, 0) is 30.7 Å². The fourth-order valence-corrected chi connectivity index (χ4v) is 2.44. The van der Waals surface area contributed by atoms with E-state index in [2.05, 4.69) is 5.43 Å². The molecule has 1 amide bonds. The summed E-state index contributed by atoms with van der Waals surface area (Å²) < 4.78 is 0. The van der Waals surface area contributed by atoms with Gasteiger partial charge < -0.3 is 5.11 Å². The Balaban J connectivity index is 2.67. The second kappa shape index (κ2) is 6.40. The van der Waals surface area contributed by atoms with Crippen molar-refractivity contribution < 1.29 is 9.90 Å². The molecule has 16 heavy (non-hydrogen) atoms. The maximum absolute atomic E-state index is 11.5. The Hall–Kier alpha value is -1.20. The zero-order valence-corrected chi connectivity index (χ0v) is 9.96. The lowest BCUT2D eigenvalue weighted by atomic mass is 10.2. The maximum atomic E-state index is 11.5. The van der Waals surface area contributed by atoms with Crippen LogP contribution in [0.5, 0.6) is 5.75 Å². The number of benzene rings is 1. The highest BCUT2D eigenvalue weighted by atomic mass is 32.2. The zero-order valence-electron chi connectivity index (χ0n) is 9.14. The molecule has 0 heterocycles. The number of thioether (sulfide) groups is 1. The number of nitrogens with one attached hydrogen (secondary N) is 1. The molecular formula is C11H16N2O2S. The summed E-state index contributed by atoms with van der Waals surface area (Å²) in [6, 6.07) is 6.77. The quantitative estimate of drug-likeness (QED) is 0.316. The fourth-order valence-electron chi connectivity index (χ4n) is 1.29. The molecule has 0 spiro atoms. The average Bonchev–Trinajstić information content (AvgIpc) is 2.30. The van der Waals surface area contributed by atoms with E-state index in [-0.39, 0.29) is 16.9 Å². The third-order valence-corrected chi connectivity index (χ3v) is 3.38. The van der Waals surface area contributed by atoms with E-state index in [1.165, 1.54) is 11.8 Å². The molecule has 0 aliphatic heterocycles. The smallest absolute Gasteiger partial charge is 0.247 e. The highest BCUT2D eigenvalue weighted by Gasteiger charge is 2.17. The summed E-state index contributed by atoms with van der Waals surface area (Å²) in [6.07, 6.45) is 1.69. The monoisotopic (exact) mass is 240 g/mol. The third-order valence-electron chi connectivity index (χ3n) is 2.10. The van der Waals surface area contributed by atoms with Crippen LogP contribution < -0.4 is 11.3 Å². The molecule has 88 valence electrons. The maximum Gasteiger partial charge on any atom is 0.247 e. The minimum absolute atomic E-state index is 0.167. The Bertz CT molecular complexity index is 340. The molecule has 1 rings (SSSR count). The Morgan fingerprint density at radius 2 is 2.12 bits per heavy atom. The second-order valence-electron chi connectivity index (χ2n) is 3.40. The fraction of sp³-hybridized carbons (Fsp3) is 0.364. The molecule has 0 aromatic heterocycles. The van der Waals surface area contributed by atoms with Crippen molar-refractivity contribution in [2.24, 2.45) is 5.84 Å². The first-order valence-corrected chi connectivity index (χ1v) is 6.01. The molecule has 1 aromatic rings. The number of rotatable bonds is 5. The van der Waals surface area contributed by atoms with Crippen LogP contribution in [0.2, 0.25) is 0 Å². The van der Waals surface area contributed by atoms with Crippen LogP contribution in [0, 0.1) is 0 Å². The van der Waals surface area contributed by atoms with Gasteiger partial charge in [0.2, 0.25) is 5.91 Å². The highest BCUT2D eigenvalue weighted by Crippen LogP contribution is 2.27. The molecule has 1 unspecified atom stereocenters. The number of hydrogen-bond donors (Lipinski definition) is 3. The summed E-state index contributed by atoms with van der Waals surface area (Å²) >= 11 is 1.45. The number of aromatic hydroxyl groups is 1. The largest absolute Gasteiger partial charge is 0.508 e. The molecule has 0 saturated carbocycles. The van der Waals surface area contributed by atoms with E-state index in [1.807, 2.05) is 6.92 Å². The molecule has 4 N–H and O–H groups in total. The predicted octanol–water partition coefficient (Wildman–Crippen LogP) is 1.64. The number of phenolic OH excluding ortho intramolecular Hbond substituents is 1. The summed E-state index contributed by atoms with van der Waals surface area (Å²) in [5.41, 5.74) is 2.17. The number of amides is 1. The number of nitrogens with two attached hydrogens (primary N) is 1. The average molecular weight is 240 g/mol. The van der Waals surface area contributed by atoms with E-state index in [0.717, 1.165) is 17.7 Å². The summed E-state index contributed by atoms with van der Waals surface area (Å²) in [7, 11) is 0. The van der Waals surface area contributed by atoms with Crippen molar-refractivity contribution in [2.45, 2.75) is 29.9 Å². The van der Waals surface area contributed by atoms with Gasteiger partial charge in [-0.3, -0.25) is 10.2 Å². The Morgan fingerprint density at radius 3 is 2.62 bits per heavy atom. The predicted molar refractivity (Wildman–Crippen MR) is 65.0 cm³/mol. The van der Waals surface area contributed by atoms with Crippen molar-refractivity contribution in [3.05, 3.63) is 24.3 Å². The van der Waals surface area contributed by atoms with Gasteiger partial charge >= 0.3 is 0 Å². The van der Waals surface area contributed by atoms with Gasteiger partial charge in [0.05, 0.1) is 5.25 Å². The van der Waals surface area contributed by atoms with Gasteiger partial charge in [0.25, 0.3) is 0 Å². The van der Waals surface area contributed by atoms with Crippen molar-refractivity contribution in [3.8, 4) is 5.75 Å². The van der Waals surface area contributed by atoms with Gasteiger partial charge in [0, 0.05) is 4.90 Å². The standard InChI is InChI=1S/C11H16N2O2S/c1-2-3-10(11(15)13-12)16-9-6-4-8(14)5-7-9/h4-7,10,14H,2-3,12H2,1H3,(H,13,15). The van der Waals surface area contributed by atoms with Crippen LogP contribution in [-0.2, 0) is 4.79 Å². The van der Waals surface area contributed by atoms with Gasteiger partial charge in [0.1, 0.15) is 5.75 Å². The first-order valence-electron chi connectivity index (χ1n) is 5.13. The summed E-state index contributed by atoms with van der Waals surface area (Å²) in [5, 5.41) is 8.96. The van der Waals surface area contributed by atoms with E-state index in [4.69, 9.17) is 10.9 Å². The van der Waals surface area contributed by atoms with Crippen LogP contribution in [0.4, 0.5) is 0 Å². The molecule has 0 fully saturated rings. The molecule has 1 atom stereocenters. The lowest BCUT2D eigenvalue weighted by Gasteiger charge is -2.13. The van der Waals surface area contributed by atoms with E-state index in [1.54, 1.807) is 24.3 Å². The Labute approximate surface area is 99.2 Å². The van der Waals surface area contributed by atoms with E-state index in [9.17, 15) is 4.79 Å².